The van der Waals surface area contributed by atoms with E-state index in [9.17, 15) is 0 Å². The van der Waals surface area contributed by atoms with Gasteiger partial charge in [0.1, 0.15) is 4.83 Å². The second-order valence-electron chi connectivity index (χ2n) is 13.2. The van der Waals surface area contributed by atoms with Crippen LogP contribution in [0, 0.1) is 0 Å². The molecule has 0 atom stereocenters. The average Bonchev–Trinajstić information content (AvgIpc) is 3.66. The average molecular weight is 723 g/mol. The van der Waals surface area contributed by atoms with Gasteiger partial charge in [0.25, 0.3) is 0 Å². The summed E-state index contributed by atoms with van der Waals surface area (Å²) >= 11 is 1.63. The molecule has 0 saturated carbocycles. The molecule has 4 heterocycles. The maximum atomic E-state index is 5.21. The number of fused-ring (bicyclic) bond motifs is 3. The normalized spacial score (nSPS) is 11.3. The van der Waals surface area contributed by atoms with Gasteiger partial charge in [-0.3, -0.25) is 0 Å². The van der Waals surface area contributed by atoms with Crippen LogP contribution in [0.5, 0.6) is 0 Å². The van der Waals surface area contributed by atoms with Crippen molar-refractivity contribution in [2.24, 2.45) is 0 Å². The summed E-state index contributed by atoms with van der Waals surface area (Å²) in [6.07, 6.45) is 1.83. The van der Waals surface area contributed by atoms with Crippen LogP contribution >= 0.6 is 11.3 Å². The third kappa shape index (κ3) is 6.33. The van der Waals surface area contributed by atoms with E-state index < -0.39 is 0 Å². The first-order valence-corrected chi connectivity index (χ1v) is 18.8. The van der Waals surface area contributed by atoms with E-state index in [4.69, 9.17) is 24.9 Å². The third-order valence-electron chi connectivity index (χ3n) is 9.65. The summed E-state index contributed by atoms with van der Waals surface area (Å²) in [7, 11) is 0. The van der Waals surface area contributed by atoms with E-state index in [2.05, 4.69) is 83.8 Å². The lowest BCUT2D eigenvalue weighted by molar-refractivity contribution is 1.07. The molecular formula is C48H30N6S. The standard InChI is InChI=1S/C48H30N6S/c1-4-12-31(13-5-1)33-21-23-34(24-22-33)41-43-42(40-20-11-29-49-48(40)55-43)51-44(50-41)36-25-27-37(28-26-36)46-52-45(35-16-8-3-9-17-35)53-47(54-46)39-19-10-18-38(30-39)32-14-6-2-7-15-32/h1-30H. The predicted molar refractivity (Wildman–Crippen MR) is 224 cm³/mol. The van der Waals surface area contributed by atoms with Crippen molar-refractivity contribution >= 4 is 31.8 Å². The minimum absolute atomic E-state index is 0.589. The largest absolute Gasteiger partial charge is 0.245 e. The Morgan fingerprint density at radius 2 is 0.782 bits per heavy atom. The number of rotatable bonds is 7. The Morgan fingerprint density at radius 1 is 0.327 bits per heavy atom. The van der Waals surface area contributed by atoms with Crippen molar-refractivity contribution in [1.29, 1.82) is 0 Å². The highest BCUT2D eigenvalue weighted by molar-refractivity contribution is 7.25. The number of aromatic nitrogens is 6. The molecule has 6 aromatic carbocycles. The van der Waals surface area contributed by atoms with Crippen molar-refractivity contribution < 1.29 is 0 Å². The van der Waals surface area contributed by atoms with E-state index in [1.54, 1.807) is 11.3 Å². The van der Waals surface area contributed by atoms with E-state index in [-0.39, 0.29) is 0 Å². The molecule has 0 bridgehead atoms. The maximum Gasteiger partial charge on any atom is 0.164 e. The van der Waals surface area contributed by atoms with E-state index >= 15 is 0 Å². The second kappa shape index (κ2) is 14.0. The number of benzene rings is 6. The van der Waals surface area contributed by atoms with E-state index in [1.807, 2.05) is 103 Å². The second-order valence-corrected chi connectivity index (χ2v) is 14.2. The smallest absolute Gasteiger partial charge is 0.164 e. The molecule has 0 spiro atoms. The third-order valence-corrected chi connectivity index (χ3v) is 10.8. The Bertz CT molecular complexity index is 2950. The van der Waals surface area contributed by atoms with Gasteiger partial charge >= 0.3 is 0 Å². The van der Waals surface area contributed by atoms with E-state index in [0.717, 1.165) is 70.6 Å². The fourth-order valence-corrected chi connectivity index (χ4v) is 7.94. The zero-order chi connectivity index (χ0) is 36.6. The lowest BCUT2D eigenvalue weighted by Crippen LogP contribution is -2.00. The summed E-state index contributed by atoms with van der Waals surface area (Å²) in [6.45, 7) is 0. The van der Waals surface area contributed by atoms with Crippen molar-refractivity contribution in [1.82, 2.24) is 29.9 Å². The van der Waals surface area contributed by atoms with Gasteiger partial charge in [0.05, 0.1) is 15.9 Å². The van der Waals surface area contributed by atoms with E-state index in [0.29, 0.717) is 23.3 Å². The monoisotopic (exact) mass is 722 g/mol. The van der Waals surface area contributed by atoms with Crippen LogP contribution < -0.4 is 0 Å². The fourth-order valence-electron chi connectivity index (χ4n) is 6.84. The Labute approximate surface area is 321 Å². The molecule has 0 radical (unpaired) electrons. The topological polar surface area (TPSA) is 77.3 Å². The Balaban J connectivity index is 1.06. The van der Waals surface area contributed by atoms with Gasteiger partial charge in [0.15, 0.2) is 23.3 Å². The van der Waals surface area contributed by atoms with Gasteiger partial charge in [-0.15, -0.1) is 11.3 Å². The van der Waals surface area contributed by atoms with Crippen LogP contribution in [0.25, 0.3) is 99.5 Å². The summed E-state index contributed by atoms with van der Waals surface area (Å²) in [6, 6.07) is 60.0. The van der Waals surface area contributed by atoms with Crippen LogP contribution in [0.2, 0.25) is 0 Å². The lowest BCUT2D eigenvalue weighted by atomic mass is 10.0. The molecule has 0 aliphatic carbocycles. The molecule has 0 N–H and O–H groups in total. The number of nitrogens with zero attached hydrogens (tertiary/aromatic N) is 6. The van der Waals surface area contributed by atoms with Crippen molar-refractivity contribution in [3.8, 4) is 79.1 Å². The Morgan fingerprint density at radius 3 is 1.42 bits per heavy atom. The van der Waals surface area contributed by atoms with Crippen molar-refractivity contribution in [3.63, 3.8) is 0 Å². The molecule has 7 heteroatoms. The summed E-state index contributed by atoms with van der Waals surface area (Å²) in [5, 5.41) is 1.02. The zero-order valence-electron chi connectivity index (χ0n) is 29.4. The summed E-state index contributed by atoms with van der Waals surface area (Å²) in [5.74, 6) is 2.46. The quantitative estimate of drug-likeness (QED) is 0.163. The minimum Gasteiger partial charge on any atom is -0.245 e. The molecule has 0 unspecified atom stereocenters. The molecule has 0 aliphatic rings. The van der Waals surface area contributed by atoms with Crippen LogP contribution in [0.15, 0.2) is 182 Å². The van der Waals surface area contributed by atoms with Crippen LogP contribution in [0.4, 0.5) is 0 Å². The molecule has 0 amide bonds. The zero-order valence-corrected chi connectivity index (χ0v) is 30.2. The van der Waals surface area contributed by atoms with Gasteiger partial charge in [-0.05, 0) is 40.5 Å². The van der Waals surface area contributed by atoms with Gasteiger partial charge in [0.2, 0.25) is 0 Å². The Hall–Kier alpha value is -7.22. The first-order chi connectivity index (χ1) is 27.2. The maximum absolute atomic E-state index is 5.21. The highest BCUT2D eigenvalue weighted by atomic mass is 32.1. The molecule has 0 aliphatic heterocycles. The molecule has 10 aromatic rings. The van der Waals surface area contributed by atoms with Crippen molar-refractivity contribution in [3.05, 3.63) is 182 Å². The Kier molecular flexibility index (Phi) is 8.24. The predicted octanol–water partition coefficient (Wildman–Crippen LogP) is 12.1. The number of hydrogen-bond acceptors (Lipinski definition) is 7. The molecule has 55 heavy (non-hydrogen) atoms. The number of thiophene rings is 1. The molecule has 0 saturated heterocycles. The van der Waals surface area contributed by atoms with Gasteiger partial charge in [-0.25, -0.2) is 29.9 Å². The minimum atomic E-state index is 0.589. The summed E-state index contributed by atoms with van der Waals surface area (Å²) in [5.41, 5.74) is 11.0. The first-order valence-electron chi connectivity index (χ1n) is 18.0. The van der Waals surface area contributed by atoms with Crippen LogP contribution in [0.1, 0.15) is 0 Å². The molecule has 4 aromatic heterocycles. The van der Waals surface area contributed by atoms with Gasteiger partial charge in [-0.1, -0.05) is 158 Å². The van der Waals surface area contributed by atoms with Gasteiger partial charge in [0, 0.05) is 39.4 Å². The number of pyridine rings is 1. The van der Waals surface area contributed by atoms with Crippen LogP contribution in [-0.4, -0.2) is 29.9 Å². The van der Waals surface area contributed by atoms with Crippen LogP contribution in [-0.2, 0) is 0 Å². The van der Waals surface area contributed by atoms with Gasteiger partial charge in [-0.2, -0.15) is 0 Å². The SMILES string of the molecule is c1ccc(-c2ccc(-c3nc(-c4ccc(-c5nc(-c6ccccc6)nc(-c6cccc(-c7ccccc7)c6)n5)cc4)nc4c3sc3ncccc34)cc2)cc1. The molecule has 258 valence electrons. The van der Waals surface area contributed by atoms with Gasteiger partial charge < -0.3 is 0 Å². The van der Waals surface area contributed by atoms with Crippen molar-refractivity contribution in [2.75, 3.05) is 0 Å². The highest BCUT2D eigenvalue weighted by Crippen LogP contribution is 2.39. The van der Waals surface area contributed by atoms with E-state index in [1.165, 1.54) is 5.56 Å². The number of hydrogen-bond donors (Lipinski definition) is 0. The molecule has 10 rings (SSSR count). The van der Waals surface area contributed by atoms with Crippen molar-refractivity contribution in [2.45, 2.75) is 0 Å². The fraction of sp³-hybridized carbons (Fsp3) is 0. The molecule has 6 nitrogen and oxygen atoms in total. The molecular weight excluding hydrogens is 693 g/mol. The first kappa shape index (κ1) is 32.4. The summed E-state index contributed by atoms with van der Waals surface area (Å²) in [4.78, 5) is 30.9. The van der Waals surface area contributed by atoms with Crippen LogP contribution in [0.3, 0.4) is 0 Å². The lowest BCUT2D eigenvalue weighted by Gasteiger charge is -2.11. The molecule has 0 fully saturated rings. The highest BCUT2D eigenvalue weighted by Gasteiger charge is 2.18. The summed E-state index contributed by atoms with van der Waals surface area (Å²) < 4.78 is 1.02.